The van der Waals surface area contributed by atoms with E-state index in [0.717, 1.165) is 16.5 Å². The van der Waals surface area contributed by atoms with E-state index in [9.17, 15) is 5.11 Å². The third kappa shape index (κ3) is 1.60. The zero-order chi connectivity index (χ0) is 10.1. The maximum absolute atomic E-state index is 9.80. The maximum atomic E-state index is 9.80. The smallest absolute Gasteiger partial charge is 0.0801 e. The van der Waals surface area contributed by atoms with Crippen molar-refractivity contribution in [2.24, 2.45) is 0 Å². The maximum Gasteiger partial charge on any atom is 0.0801 e. The van der Waals surface area contributed by atoms with E-state index in [0.29, 0.717) is 0 Å². The largest absolute Gasteiger partial charge is 0.388 e. The van der Waals surface area contributed by atoms with Crippen molar-refractivity contribution >= 4 is 37.4 Å². The standard InChI is InChI=1S/C11H11BrOS/c1-2-10(13)8-6-14-11-7(8)4-3-5-9(11)12/h3-6,10,13H,2H2,1H3/t10-/m0/s1. The molecule has 14 heavy (non-hydrogen) atoms. The Hall–Kier alpha value is -0.380. The number of aliphatic hydroxyl groups is 1. The molecule has 2 aromatic rings. The number of benzene rings is 1. The summed E-state index contributed by atoms with van der Waals surface area (Å²) in [5.41, 5.74) is 1.05. The number of thiophene rings is 1. The predicted octanol–water partition coefficient (Wildman–Crippen LogP) is 4.11. The fraction of sp³-hybridized carbons (Fsp3) is 0.273. The summed E-state index contributed by atoms with van der Waals surface area (Å²) in [7, 11) is 0. The molecule has 0 saturated carbocycles. The van der Waals surface area contributed by atoms with Crippen molar-refractivity contribution in [2.75, 3.05) is 0 Å². The summed E-state index contributed by atoms with van der Waals surface area (Å²) in [6, 6.07) is 6.09. The van der Waals surface area contributed by atoms with E-state index in [2.05, 4.69) is 22.0 Å². The molecule has 0 spiro atoms. The molecule has 2 rings (SSSR count). The van der Waals surface area contributed by atoms with E-state index in [1.807, 2.05) is 24.4 Å². The van der Waals surface area contributed by atoms with Gasteiger partial charge in [0, 0.05) is 9.17 Å². The molecule has 0 radical (unpaired) electrons. The van der Waals surface area contributed by atoms with Crippen molar-refractivity contribution in [1.29, 1.82) is 0 Å². The van der Waals surface area contributed by atoms with Crippen molar-refractivity contribution < 1.29 is 5.11 Å². The first-order chi connectivity index (χ1) is 6.74. The summed E-state index contributed by atoms with van der Waals surface area (Å²) in [6.45, 7) is 1.99. The summed E-state index contributed by atoms with van der Waals surface area (Å²) in [5.74, 6) is 0. The van der Waals surface area contributed by atoms with Crippen molar-refractivity contribution in [3.63, 3.8) is 0 Å². The van der Waals surface area contributed by atoms with Crippen LogP contribution in [0, 0.1) is 0 Å². The zero-order valence-corrected chi connectivity index (χ0v) is 10.2. The lowest BCUT2D eigenvalue weighted by Gasteiger charge is -2.05. The van der Waals surface area contributed by atoms with Gasteiger partial charge in [0.15, 0.2) is 0 Å². The first kappa shape index (κ1) is 10.1. The zero-order valence-electron chi connectivity index (χ0n) is 7.83. The molecule has 1 heterocycles. The monoisotopic (exact) mass is 270 g/mol. The van der Waals surface area contributed by atoms with Gasteiger partial charge in [-0.05, 0) is 44.7 Å². The Morgan fingerprint density at radius 2 is 2.29 bits per heavy atom. The molecular formula is C11H11BrOS. The lowest BCUT2D eigenvalue weighted by atomic mass is 10.1. The molecule has 1 aromatic heterocycles. The van der Waals surface area contributed by atoms with E-state index in [1.165, 1.54) is 10.1 Å². The highest BCUT2D eigenvalue weighted by atomic mass is 79.9. The van der Waals surface area contributed by atoms with Gasteiger partial charge in [-0.3, -0.25) is 0 Å². The Kier molecular flexibility index (Phi) is 2.91. The van der Waals surface area contributed by atoms with Crippen LogP contribution in [0.5, 0.6) is 0 Å². The van der Waals surface area contributed by atoms with Crippen LogP contribution < -0.4 is 0 Å². The summed E-state index contributed by atoms with van der Waals surface area (Å²) < 4.78 is 2.32. The number of rotatable bonds is 2. The van der Waals surface area contributed by atoms with Crippen LogP contribution in [-0.2, 0) is 0 Å². The summed E-state index contributed by atoms with van der Waals surface area (Å²) in [5, 5.41) is 13.0. The molecule has 74 valence electrons. The van der Waals surface area contributed by atoms with Gasteiger partial charge in [-0.1, -0.05) is 19.1 Å². The molecule has 1 atom stereocenters. The van der Waals surface area contributed by atoms with Gasteiger partial charge >= 0.3 is 0 Å². The summed E-state index contributed by atoms with van der Waals surface area (Å²) in [6.07, 6.45) is 0.427. The van der Waals surface area contributed by atoms with E-state index in [4.69, 9.17) is 0 Å². The lowest BCUT2D eigenvalue weighted by molar-refractivity contribution is 0.175. The molecule has 1 nitrogen and oxygen atoms in total. The van der Waals surface area contributed by atoms with Crippen LogP contribution in [0.25, 0.3) is 10.1 Å². The highest BCUT2D eigenvalue weighted by Gasteiger charge is 2.12. The van der Waals surface area contributed by atoms with Crippen LogP contribution in [-0.4, -0.2) is 5.11 Å². The van der Waals surface area contributed by atoms with Crippen LogP contribution in [0.2, 0.25) is 0 Å². The normalized spacial score (nSPS) is 13.4. The quantitative estimate of drug-likeness (QED) is 0.871. The summed E-state index contributed by atoms with van der Waals surface area (Å²) >= 11 is 5.19. The Bertz CT molecular complexity index is 449. The molecule has 0 bridgehead atoms. The van der Waals surface area contributed by atoms with E-state index < -0.39 is 0 Å². The third-order valence-electron chi connectivity index (χ3n) is 2.33. The Morgan fingerprint density at radius 3 is 3.00 bits per heavy atom. The van der Waals surface area contributed by atoms with Crippen LogP contribution >= 0.6 is 27.3 Å². The number of hydrogen-bond acceptors (Lipinski definition) is 2. The second kappa shape index (κ2) is 4.01. The molecule has 0 fully saturated rings. The number of hydrogen-bond donors (Lipinski definition) is 1. The second-order valence-electron chi connectivity index (χ2n) is 3.23. The van der Waals surface area contributed by atoms with Gasteiger partial charge in [-0.25, -0.2) is 0 Å². The minimum atomic E-state index is -0.335. The molecule has 0 unspecified atom stereocenters. The van der Waals surface area contributed by atoms with Gasteiger partial charge in [-0.2, -0.15) is 0 Å². The first-order valence-corrected chi connectivity index (χ1v) is 6.25. The molecule has 3 heteroatoms. The molecule has 0 aliphatic carbocycles. The fourth-order valence-corrected chi connectivity index (χ4v) is 3.19. The van der Waals surface area contributed by atoms with Gasteiger partial charge in [0.2, 0.25) is 0 Å². The van der Waals surface area contributed by atoms with E-state index in [1.54, 1.807) is 11.3 Å². The molecule has 0 saturated heterocycles. The minimum absolute atomic E-state index is 0.335. The van der Waals surface area contributed by atoms with Gasteiger partial charge in [0.25, 0.3) is 0 Å². The Balaban J connectivity index is 2.63. The van der Waals surface area contributed by atoms with Crippen LogP contribution in [0.1, 0.15) is 25.0 Å². The topological polar surface area (TPSA) is 20.2 Å². The number of halogens is 1. The molecule has 0 aliphatic heterocycles. The van der Waals surface area contributed by atoms with E-state index in [-0.39, 0.29) is 6.10 Å². The van der Waals surface area contributed by atoms with Gasteiger partial charge in [0.05, 0.1) is 6.10 Å². The van der Waals surface area contributed by atoms with Gasteiger partial charge in [-0.15, -0.1) is 11.3 Å². The minimum Gasteiger partial charge on any atom is -0.388 e. The average molecular weight is 271 g/mol. The SMILES string of the molecule is CC[C@H](O)c1csc2c(Br)cccc12. The highest BCUT2D eigenvalue weighted by molar-refractivity contribution is 9.10. The average Bonchev–Trinajstić information content (AvgIpc) is 2.62. The highest BCUT2D eigenvalue weighted by Crippen LogP contribution is 2.35. The lowest BCUT2D eigenvalue weighted by Crippen LogP contribution is -1.92. The van der Waals surface area contributed by atoms with Gasteiger partial charge < -0.3 is 5.11 Å². The Morgan fingerprint density at radius 1 is 1.50 bits per heavy atom. The molecule has 1 N–H and O–H groups in total. The van der Waals surface area contributed by atoms with Gasteiger partial charge in [0.1, 0.15) is 0 Å². The van der Waals surface area contributed by atoms with E-state index >= 15 is 0 Å². The molecular weight excluding hydrogens is 260 g/mol. The molecule has 1 aromatic carbocycles. The number of fused-ring (bicyclic) bond motifs is 1. The molecule has 0 aliphatic rings. The fourth-order valence-electron chi connectivity index (χ4n) is 1.52. The summed E-state index contributed by atoms with van der Waals surface area (Å²) in [4.78, 5) is 0. The third-order valence-corrected chi connectivity index (χ3v) is 4.30. The van der Waals surface area contributed by atoms with Crippen molar-refractivity contribution in [3.8, 4) is 0 Å². The Labute approximate surface area is 95.5 Å². The van der Waals surface area contributed by atoms with Crippen molar-refractivity contribution in [3.05, 3.63) is 33.6 Å². The molecule has 0 amide bonds. The predicted molar refractivity (Wildman–Crippen MR) is 64.8 cm³/mol. The van der Waals surface area contributed by atoms with Crippen molar-refractivity contribution in [2.45, 2.75) is 19.4 Å². The van der Waals surface area contributed by atoms with Crippen LogP contribution in [0.15, 0.2) is 28.1 Å². The first-order valence-electron chi connectivity index (χ1n) is 4.57. The van der Waals surface area contributed by atoms with Crippen molar-refractivity contribution in [1.82, 2.24) is 0 Å². The second-order valence-corrected chi connectivity index (χ2v) is 4.97. The number of aliphatic hydroxyl groups excluding tert-OH is 1. The van der Waals surface area contributed by atoms with Crippen LogP contribution in [0.4, 0.5) is 0 Å². The van der Waals surface area contributed by atoms with Crippen LogP contribution in [0.3, 0.4) is 0 Å².